The number of nitrogens with one attached hydrogen (secondary N) is 1. The van der Waals surface area contributed by atoms with Gasteiger partial charge in [-0.05, 0) is 73.0 Å². The highest BCUT2D eigenvalue weighted by molar-refractivity contribution is 7.92. The van der Waals surface area contributed by atoms with Gasteiger partial charge in [0.05, 0.1) is 10.6 Å². The Hall–Kier alpha value is -3.98. The Morgan fingerprint density at radius 1 is 1.00 bits per heavy atom. The fraction of sp³-hybridized carbons (Fsp3) is 0.120. The molecule has 5 rings (SSSR count). The van der Waals surface area contributed by atoms with E-state index in [0.29, 0.717) is 35.2 Å². The highest BCUT2D eigenvalue weighted by atomic mass is 32.2. The van der Waals surface area contributed by atoms with Crippen LogP contribution in [-0.2, 0) is 16.4 Å². The zero-order chi connectivity index (χ0) is 23.9. The van der Waals surface area contributed by atoms with Crippen LogP contribution < -0.4 is 15.2 Å². The van der Waals surface area contributed by atoms with Crippen LogP contribution in [0, 0.1) is 5.82 Å². The third kappa shape index (κ3) is 3.94. The quantitative estimate of drug-likeness (QED) is 0.441. The standard InChI is InChI=1S/C25H19FN2O5S/c26-18-7-10-20(11-8-18)34(31,32)28-13-3-5-16-14-19(9-12-22(16)28)27-24(29)21-15-17-4-1-2-6-23(17)33-25(21)30/h1-2,4,6-12,14-15H,3,5,13H2,(H,27,29). The van der Waals surface area contributed by atoms with E-state index in [2.05, 4.69) is 5.32 Å². The smallest absolute Gasteiger partial charge is 0.349 e. The lowest BCUT2D eigenvalue weighted by molar-refractivity contribution is 0.102. The van der Waals surface area contributed by atoms with E-state index in [1.807, 2.05) is 0 Å². The number of carbonyl (C=O) groups excluding carboxylic acids is 1. The third-order valence-corrected chi connectivity index (χ3v) is 7.53. The summed E-state index contributed by atoms with van der Waals surface area (Å²) in [7, 11) is -3.87. The highest BCUT2D eigenvalue weighted by Crippen LogP contribution is 2.34. The van der Waals surface area contributed by atoms with Crippen LogP contribution in [0.1, 0.15) is 22.3 Å². The van der Waals surface area contributed by atoms with E-state index in [0.717, 1.165) is 17.7 Å². The van der Waals surface area contributed by atoms with Crippen molar-refractivity contribution in [3.8, 4) is 0 Å². The van der Waals surface area contributed by atoms with Crippen molar-refractivity contribution in [3.63, 3.8) is 0 Å². The molecule has 0 saturated carbocycles. The molecule has 9 heteroatoms. The molecular weight excluding hydrogens is 459 g/mol. The lowest BCUT2D eigenvalue weighted by Gasteiger charge is -2.31. The molecular formula is C25H19FN2O5S. The first-order chi connectivity index (χ1) is 16.3. The van der Waals surface area contributed by atoms with Gasteiger partial charge in [0.15, 0.2) is 0 Å². The highest BCUT2D eigenvalue weighted by Gasteiger charge is 2.29. The van der Waals surface area contributed by atoms with Crippen LogP contribution in [0.4, 0.5) is 15.8 Å². The van der Waals surface area contributed by atoms with Gasteiger partial charge >= 0.3 is 5.63 Å². The SMILES string of the molecule is O=C(Nc1ccc2c(c1)CCCN2S(=O)(=O)c1ccc(F)cc1)c1cc2ccccc2oc1=O. The van der Waals surface area contributed by atoms with Gasteiger partial charge in [-0.15, -0.1) is 0 Å². The number of amides is 1. The van der Waals surface area contributed by atoms with Gasteiger partial charge in [0, 0.05) is 17.6 Å². The van der Waals surface area contributed by atoms with Crippen molar-refractivity contribution in [2.24, 2.45) is 0 Å². The lowest BCUT2D eigenvalue weighted by atomic mass is 10.0. The molecule has 0 unspecified atom stereocenters. The molecule has 3 aromatic carbocycles. The Bertz CT molecular complexity index is 1580. The molecule has 0 aliphatic carbocycles. The van der Waals surface area contributed by atoms with Crippen molar-refractivity contribution < 1.29 is 22.0 Å². The zero-order valence-electron chi connectivity index (χ0n) is 17.8. The van der Waals surface area contributed by atoms with E-state index in [1.165, 1.54) is 22.5 Å². The minimum absolute atomic E-state index is 0.00200. The fourth-order valence-electron chi connectivity index (χ4n) is 4.04. The molecule has 0 spiro atoms. The maximum atomic E-state index is 13.3. The summed E-state index contributed by atoms with van der Waals surface area (Å²) in [5.74, 6) is -1.13. The number of hydrogen-bond acceptors (Lipinski definition) is 5. The average Bonchev–Trinajstić information content (AvgIpc) is 2.83. The van der Waals surface area contributed by atoms with Crippen LogP contribution in [0.15, 0.2) is 86.9 Å². The van der Waals surface area contributed by atoms with Crippen LogP contribution in [0.25, 0.3) is 11.0 Å². The first-order valence-corrected chi connectivity index (χ1v) is 12.0. The van der Waals surface area contributed by atoms with Gasteiger partial charge in [-0.25, -0.2) is 17.6 Å². The zero-order valence-corrected chi connectivity index (χ0v) is 18.6. The number of nitrogens with zero attached hydrogens (tertiary/aromatic N) is 1. The molecule has 7 nitrogen and oxygen atoms in total. The Labute approximate surface area is 194 Å². The summed E-state index contributed by atoms with van der Waals surface area (Å²) in [4.78, 5) is 25.1. The van der Waals surface area contributed by atoms with E-state index < -0.39 is 27.4 Å². The number of hydrogen-bond donors (Lipinski definition) is 1. The van der Waals surface area contributed by atoms with Gasteiger partial charge in [-0.2, -0.15) is 0 Å². The Kier molecular flexibility index (Phi) is 5.41. The predicted molar refractivity (Wildman–Crippen MR) is 126 cm³/mol. The van der Waals surface area contributed by atoms with Crippen LogP contribution in [-0.4, -0.2) is 20.9 Å². The van der Waals surface area contributed by atoms with Gasteiger partial charge in [0.1, 0.15) is 17.0 Å². The van der Waals surface area contributed by atoms with Crippen molar-refractivity contribution in [1.82, 2.24) is 0 Å². The normalized spacial score (nSPS) is 13.5. The van der Waals surface area contributed by atoms with E-state index in [9.17, 15) is 22.4 Å². The number of halogens is 1. The second-order valence-electron chi connectivity index (χ2n) is 7.92. The van der Waals surface area contributed by atoms with Crippen LogP contribution in [0.5, 0.6) is 0 Å². The number of carbonyl (C=O) groups is 1. The Morgan fingerprint density at radius 2 is 1.76 bits per heavy atom. The Morgan fingerprint density at radius 3 is 2.56 bits per heavy atom. The van der Waals surface area contributed by atoms with Gasteiger partial charge in [-0.1, -0.05) is 18.2 Å². The molecule has 1 amide bonds. The number of benzene rings is 3. The maximum Gasteiger partial charge on any atom is 0.349 e. The first-order valence-electron chi connectivity index (χ1n) is 10.6. The predicted octanol–water partition coefficient (Wildman–Crippen LogP) is 4.33. The monoisotopic (exact) mass is 478 g/mol. The number of sulfonamides is 1. The van der Waals surface area contributed by atoms with E-state index in [4.69, 9.17) is 4.42 Å². The topological polar surface area (TPSA) is 96.7 Å². The largest absolute Gasteiger partial charge is 0.422 e. The molecule has 0 atom stereocenters. The summed E-state index contributed by atoms with van der Waals surface area (Å²) in [5.41, 5.74) is 1.18. The Balaban J connectivity index is 1.43. The summed E-state index contributed by atoms with van der Waals surface area (Å²) in [6.45, 7) is 0.288. The molecule has 2 heterocycles. The van der Waals surface area contributed by atoms with Crippen LogP contribution in [0.3, 0.4) is 0 Å². The van der Waals surface area contributed by atoms with E-state index >= 15 is 0 Å². The van der Waals surface area contributed by atoms with E-state index in [-0.39, 0.29) is 17.0 Å². The van der Waals surface area contributed by atoms with Gasteiger partial charge < -0.3 is 9.73 Å². The number of anilines is 2. The van der Waals surface area contributed by atoms with Crippen molar-refractivity contribution in [2.75, 3.05) is 16.2 Å². The second kappa shape index (κ2) is 8.42. The van der Waals surface area contributed by atoms with Gasteiger partial charge in [-0.3, -0.25) is 9.10 Å². The molecule has 1 N–H and O–H groups in total. The van der Waals surface area contributed by atoms with Gasteiger partial charge in [0.2, 0.25) is 0 Å². The summed E-state index contributed by atoms with van der Waals surface area (Å²) in [6.07, 6.45) is 1.20. The number of fused-ring (bicyclic) bond motifs is 2. The average molecular weight is 479 g/mol. The number of rotatable bonds is 4. The van der Waals surface area contributed by atoms with Gasteiger partial charge in [0.25, 0.3) is 15.9 Å². The van der Waals surface area contributed by atoms with Crippen molar-refractivity contribution >= 4 is 38.3 Å². The van der Waals surface area contributed by atoms with Crippen LogP contribution >= 0.6 is 0 Å². The number of para-hydroxylation sites is 1. The van der Waals surface area contributed by atoms with Crippen molar-refractivity contribution in [3.05, 3.63) is 100 Å². The summed E-state index contributed by atoms with van der Waals surface area (Å²) in [5, 5.41) is 3.32. The molecule has 1 aliphatic rings. The molecule has 1 aromatic heterocycles. The minimum Gasteiger partial charge on any atom is -0.422 e. The lowest BCUT2D eigenvalue weighted by Crippen LogP contribution is -2.35. The fourth-order valence-corrected chi connectivity index (χ4v) is 5.58. The summed E-state index contributed by atoms with van der Waals surface area (Å²) in [6, 6.07) is 18.0. The minimum atomic E-state index is -3.87. The molecule has 0 saturated heterocycles. The molecule has 0 bridgehead atoms. The molecule has 0 fully saturated rings. The summed E-state index contributed by atoms with van der Waals surface area (Å²) < 4.78 is 46.1. The molecule has 0 radical (unpaired) electrons. The second-order valence-corrected chi connectivity index (χ2v) is 9.78. The molecule has 172 valence electrons. The third-order valence-electron chi connectivity index (χ3n) is 5.70. The number of aryl methyl sites for hydroxylation is 1. The van der Waals surface area contributed by atoms with Crippen molar-refractivity contribution in [2.45, 2.75) is 17.7 Å². The van der Waals surface area contributed by atoms with Crippen molar-refractivity contribution in [1.29, 1.82) is 0 Å². The summed E-state index contributed by atoms with van der Waals surface area (Å²) >= 11 is 0. The molecule has 34 heavy (non-hydrogen) atoms. The molecule has 1 aliphatic heterocycles. The maximum absolute atomic E-state index is 13.3. The first kappa shape index (κ1) is 21.8. The molecule has 4 aromatic rings. The van der Waals surface area contributed by atoms with Crippen LogP contribution in [0.2, 0.25) is 0 Å². The van der Waals surface area contributed by atoms with E-state index in [1.54, 1.807) is 42.5 Å².